The van der Waals surface area contributed by atoms with Crippen LogP contribution in [-0.4, -0.2) is 36.5 Å². The second kappa shape index (κ2) is 9.34. The third-order valence-electron chi connectivity index (χ3n) is 6.41. The average molecular weight is 497 g/mol. The number of anilines is 1. The van der Waals surface area contributed by atoms with Gasteiger partial charge in [0, 0.05) is 17.3 Å². The van der Waals surface area contributed by atoms with Gasteiger partial charge in [0.05, 0.1) is 24.4 Å². The van der Waals surface area contributed by atoms with Gasteiger partial charge >= 0.3 is 6.03 Å². The quantitative estimate of drug-likeness (QED) is 0.404. The Morgan fingerprint density at radius 2 is 1.73 bits per heavy atom. The standard InChI is InChI=1S/C28H24N4O5/c1-17-24(27-30-26(31-37-27)19-6-4-3-5-7-19)25(18-8-11-21(34-2)12-9-18)29-28(33)32(17)20-10-13-22-23(16-20)36-15-14-35-22/h3-13,16,25H,14-15H2,1-2H3,(H,29,33). The molecular formula is C28H24N4O5. The molecule has 1 N–H and O–H groups in total. The normalized spacial score (nSPS) is 17.0. The summed E-state index contributed by atoms with van der Waals surface area (Å²) in [5.41, 5.74) is 3.66. The average Bonchev–Trinajstić information content (AvgIpc) is 3.43. The summed E-state index contributed by atoms with van der Waals surface area (Å²) in [6.45, 7) is 2.81. The molecule has 0 aliphatic carbocycles. The van der Waals surface area contributed by atoms with Gasteiger partial charge in [0.25, 0.3) is 5.89 Å². The van der Waals surface area contributed by atoms with E-state index in [0.717, 1.165) is 16.9 Å². The van der Waals surface area contributed by atoms with Gasteiger partial charge in [-0.05, 0) is 36.8 Å². The summed E-state index contributed by atoms with van der Waals surface area (Å²) in [5, 5.41) is 7.33. The van der Waals surface area contributed by atoms with Crippen molar-refractivity contribution in [2.24, 2.45) is 0 Å². The highest BCUT2D eigenvalue weighted by molar-refractivity contribution is 6.01. The van der Waals surface area contributed by atoms with E-state index in [-0.39, 0.29) is 6.03 Å². The molecule has 9 nitrogen and oxygen atoms in total. The van der Waals surface area contributed by atoms with Crippen LogP contribution in [0.3, 0.4) is 0 Å². The zero-order chi connectivity index (χ0) is 25.4. The van der Waals surface area contributed by atoms with Crippen molar-refractivity contribution in [3.63, 3.8) is 0 Å². The van der Waals surface area contributed by atoms with E-state index in [4.69, 9.17) is 23.7 Å². The van der Waals surface area contributed by atoms with E-state index < -0.39 is 6.04 Å². The minimum Gasteiger partial charge on any atom is -0.497 e. The first-order chi connectivity index (χ1) is 18.1. The Morgan fingerprint density at radius 1 is 0.973 bits per heavy atom. The third kappa shape index (κ3) is 4.14. The number of amides is 2. The Kier molecular flexibility index (Phi) is 5.72. The van der Waals surface area contributed by atoms with E-state index >= 15 is 0 Å². The number of methoxy groups -OCH3 is 1. The monoisotopic (exact) mass is 496 g/mol. The van der Waals surface area contributed by atoms with Gasteiger partial charge in [0.1, 0.15) is 19.0 Å². The third-order valence-corrected chi connectivity index (χ3v) is 6.41. The van der Waals surface area contributed by atoms with Crippen molar-refractivity contribution >= 4 is 17.3 Å². The van der Waals surface area contributed by atoms with Gasteiger partial charge in [-0.25, -0.2) is 4.79 Å². The largest absolute Gasteiger partial charge is 0.497 e. The molecule has 1 aromatic heterocycles. The molecule has 9 heteroatoms. The number of nitrogens with one attached hydrogen (secondary N) is 1. The minimum atomic E-state index is -0.518. The topological polar surface area (TPSA) is 99.0 Å². The summed E-state index contributed by atoms with van der Waals surface area (Å²) in [6.07, 6.45) is 0. The Hall–Kier alpha value is -4.79. The predicted octanol–water partition coefficient (Wildman–Crippen LogP) is 5.22. The van der Waals surface area contributed by atoms with Gasteiger partial charge in [-0.3, -0.25) is 4.90 Å². The van der Waals surface area contributed by atoms with E-state index in [1.807, 2.05) is 67.6 Å². The molecule has 0 spiro atoms. The number of benzene rings is 3. The molecule has 186 valence electrons. The lowest BCUT2D eigenvalue weighted by atomic mass is 9.94. The predicted molar refractivity (Wildman–Crippen MR) is 137 cm³/mol. The van der Waals surface area contributed by atoms with Crippen LogP contribution in [0.4, 0.5) is 10.5 Å². The van der Waals surface area contributed by atoms with Gasteiger partial charge in [-0.2, -0.15) is 4.98 Å². The van der Waals surface area contributed by atoms with Crippen molar-refractivity contribution in [1.82, 2.24) is 15.5 Å². The highest BCUT2D eigenvalue weighted by Gasteiger charge is 2.37. The molecule has 2 aliphatic heterocycles. The fourth-order valence-electron chi connectivity index (χ4n) is 4.59. The molecule has 1 unspecified atom stereocenters. The number of carbonyl (C=O) groups is 1. The first-order valence-electron chi connectivity index (χ1n) is 11.9. The van der Waals surface area contributed by atoms with E-state index in [1.54, 1.807) is 24.1 Å². The van der Waals surface area contributed by atoms with Gasteiger partial charge < -0.3 is 24.1 Å². The number of rotatable bonds is 5. The first kappa shape index (κ1) is 22.7. The zero-order valence-corrected chi connectivity index (χ0v) is 20.3. The van der Waals surface area contributed by atoms with Crippen LogP contribution in [0.5, 0.6) is 17.2 Å². The summed E-state index contributed by atoms with van der Waals surface area (Å²) in [6, 6.07) is 21.7. The van der Waals surface area contributed by atoms with Crippen LogP contribution in [0.25, 0.3) is 17.0 Å². The highest BCUT2D eigenvalue weighted by atomic mass is 16.6. The van der Waals surface area contributed by atoms with Gasteiger partial charge in [-0.1, -0.05) is 47.6 Å². The number of carbonyl (C=O) groups excluding carboxylic acids is 1. The van der Waals surface area contributed by atoms with Crippen LogP contribution in [0, 0.1) is 0 Å². The number of fused-ring (bicyclic) bond motifs is 1. The van der Waals surface area contributed by atoms with Crippen LogP contribution in [0.15, 0.2) is 83.0 Å². The second-order valence-corrected chi connectivity index (χ2v) is 8.61. The van der Waals surface area contributed by atoms with Crippen LogP contribution in [0.1, 0.15) is 24.4 Å². The van der Waals surface area contributed by atoms with Crippen LogP contribution < -0.4 is 24.4 Å². The lowest BCUT2D eigenvalue weighted by molar-refractivity contribution is 0.171. The fourth-order valence-corrected chi connectivity index (χ4v) is 4.59. The number of urea groups is 1. The molecule has 6 rings (SSSR count). The van der Waals surface area contributed by atoms with E-state index in [9.17, 15) is 4.79 Å². The van der Waals surface area contributed by atoms with Crippen molar-refractivity contribution in [2.75, 3.05) is 25.2 Å². The molecule has 3 heterocycles. The maximum absolute atomic E-state index is 13.5. The summed E-state index contributed by atoms with van der Waals surface area (Å²) < 4.78 is 22.5. The van der Waals surface area contributed by atoms with E-state index in [0.29, 0.717) is 53.4 Å². The Balaban J connectivity index is 1.47. The maximum atomic E-state index is 13.5. The first-order valence-corrected chi connectivity index (χ1v) is 11.9. The number of ether oxygens (including phenoxy) is 3. The summed E-state index contributed by atoms with van der Waals surface area (Å²) in [5.74, 6) is 2.74. The molecule has 0 saturated heterocycles. The zero-order valence-electron chi connectivity index (χ0n) is 20.3. The Bertz CT molecular complexity index is 1480. The van der Waals surface area contributed by atoms with Crippen molar-refractivity contribution in [3.8, 4) is 28.6 Å². The molecule has 0 fully saturated rings. The number of hydrogen-bond donors (Lipinski definition) is 1. The maximum Gasteiger partial charge on any atom is 0.327 e. The van der Waals surface area contributed by atoms with Crippen molar-refractivity contribution in [1.29, 1.82) is 0 Å². The molecule has 1 atom stereocenters. The van der Waals surface area contributed by atoms with Crippen molar-refractivity contribution < 1.29 is 23.5 Å². The van der Waals surface area contributed by atoms with Crippen molar-refractivity contribution in [3.05, 3.63) is 89.9 Å². The molecule has 0 radical (unpaired) electrons. The second-order valence-electron chi connectivity index (χ2n) is 8.61. The molecule has 4 aromatic rings. The molecule has 37 heavy (non-hydrogen) atoms. The lowest BCUT2D eigenvalue weighted by Crippen LogP contribution is -2.46. The lowest BCUT2D eigenvalue weighted by Gasteiger charge is -2.35. The van der Waals surface area contributed by atoms with Gasteiger partial charge in [0.15, 0.2) is 11.5 Å². The summed E-state index contributed by atoms with van der Waals surface area (Å²) in [7, 11) is 1.61. The van der Waals surface area contributed by atoms with Gasteiger partial charge in [-0.15, -0.1) is 0 Å². The van der Waals surface area contributed by atoms with Crippen molar-refractivity contribution in [2.45, 2.75) is 13.0 Å². The molecular weight excluding hydrogens is 472 g/mol. The SMILES string of the molecule is COc1ccc(C2NC(=O)N(c3ccc4c(c3)OCCO4)C(C)=C2c2nc(-c3ccccc3)no2)cc1. The smallest absolute Gasteiger partial charge is 0.327 e. The molecule has 3 aromatic carbocycles. The highest BCUT2D eigenvalue weighted by Crippen LogP contribution is 2.41. The van der Waals surface area contributed by atoms with E-state index in [1.165, 1.54) is 0 Å². The molecule has 2 amide bonds. The van der Waals surface area contributed by atoms with E-state index in [2.05, 4.69) is 10.5 Å². The van der Waals surface area contributed by atoms with Crippen LogP contribution >= 0.6 is 0 Å². The Labute approximate surface area is 213 Å². The summed E-state index contributed by atoms with van der Waals surface area (Å²) in [4.78, 5) is 19.8. The molecule has 2 aliphatic rings. The summed E-state index contributed by atoms with van der Waals surface area (Å²) >= 11 is 0. The Morgan fingerprint density at radius 3 is 2.49 bits per heavy atom. The number of hydrogen-bond acceptors (Lipinski definition) is 7. The molecule has 0 bridgehead atoms. The number of nitrogens with zero attached hydrogens (tertiary/aromatic N) is 3. The van der Waals surface area contributed by atoms with Gasteiger partial charge in [0.2, 0.25) is 5.82 Å². The minimum absolute atomic E-state index is 0.290. The number of allylic oxidation sites excluding steroid dienone is 1. The van der Waals surface area contributed by atoms with Crippen LogP contribution in [0.2, 0.25) is 0 Å². The fraction of sp³-hybridized carbons (Fsp3) is 0.179. The molecule has 0 saturated carbocycles. The number of aromatic nitrogens is 2. The van der Waals surface area contributed by atoms with Crippen LogP contribution in [-0.2, 0) is 0 Å².